The number of rotatable bonds is 4. The average molecular weight is 209 g/mol. The lowest BCUT2D eigenvalue weighted by Gasteiger charge is -2.10. The molecule has 1 aromatic heterocycles. The molecule has 0 aliphatic carbocycles. The van der Waals surface area contributed by atoms with Gasteiger partial charge in [-0.05, 0) is 12.8 Å². The minimum atomic E-state index is -0.229. The number of amides is 1. The van der Waals surface area contributed by atoms with Crippen molar-refractivity contribution in [3.05, 3.63) is 18.7 Å². The number of hydrogen-bond donors (Lipinski definition) is 1. The zero-order valence-electron chi connectivity index (χ0n) is 8.56. The van der Waals surface area contributed by atoms with Crippen molar-refractivity contribution in [2.75, 3.05) is 13.2 Å². The summed E-state index contributed by atoms with van der Waals surface area (Å²) in [6.45, 7) is 2.08. The number of imidazole rings is 1. The summed E-state index contributed by atoms with van der Waals surface area (Å²) < 4.78 is 7.20. The van der Waals surface area contributed by atoms with Crippen molar-refractivity contribution in [2.45, 2.75) is 25.5 Å². The largest absolute Gasteiger partial charge is 0.368 e. The van der Waals surface area contributed by atoms with Crippen LogP contribution in [-0.2, 0) is 16.1 Å². The Morgan fingerprint density at radius 1 is 1.67 bits per heavy atom. The minimum absolute atomic E-state index is 0.00705. The molecule has 82 valence electrons. The fourth-order valence-corrected chi connectivity index (χ4v) is 1.63. The molecule has 0 bridgehead atoms. The summed E-state index contributed by atoms with van der Waals surface area (Å²) in [7, 11) is 0. The molecule has 1 atom stereocenters. The first-order valence-corrected chi connectivity index (χ1v) is 5.21. The molecule has 0 aromatic carbocycles. The second-order valence-corrected chi connectivity index (χ2v) is 3.59. The van der Waals surface area contributed by atoms with Crippen molar-refractivity contribution in [1.29, 1.82) is 0 Å². The predicted octanol–water partition coefficient (Wildman–Crippen LogP) is 0.178. The lowest BCUT2D eigenvalue weighted by atomic mass is 10.2. The summed E-state index contributed by atoms with van der Waals surface area (Å²) in [5.74, 6) is 0.00705. The topological polar surface area (TPSA) is 56.2 Å². The molecule has 1 saturated heterocycles. The average Bonchev–Trinajstić information content (AvgIpc) is 2.90. The second-order valence-electron chi connectivity index (χ2n) is 3.59. The van der Waals surface area contributed by atoms with Gasteiger partial charge in [-0.1, -0.05) is 0 Å². The number of hydrogen-bond acceptors (Lipinski definition) is 3. The molecule has 2 heterocycles. The molecule has 1 N–H and O–H groups in total. The van der Waals surface area contributed by atoms with Crippen LogP contribution in [0.15, 0.2) is 18.7 Å². The van der Waals surface area contributed by atoms with E-state index in [-0.39, 0.29) is 12.0 Å². The van der Waals surface area contributed by atoms with Gasteiger partial charge >= 0.3 is 0 Å². The highest BCUT2D eigenvalue weighted by molar-refractivity contribution is 5.80. The van der Waals surface area contributed by atoms with Crippen LogP contribution >= 0.6 is 0 Å². The fourth-order valence-electron chi connectivity index (χ4n) is 1.63. The number of aromatic nitrogens is 2. The third kappa shape index (κ3) is 2.79. The third-order valence-electron chi connectivity index (χ3n) is 2.45. The molecule has 0 radical (unpaired) electrons. The van der Waals surface area contributed by atoms with E-state index in [1.807, 2.05) is 10.8 Å². The monoisotopic (exact) mass is 209 g/mol. The lowest BCUT2D eigenvalue weighted by molar-refractivity contribution is -0.130. The van der Waals surface area contributed by atoms with Gasteiger partial charge in [0.05, 0.1) is 6.33 Å². The summed E-state index contributed by atoms with van der Waals surface area (Å²) in [5, 5.41) is 2.85. The third-order valence-corrected chi connectivity index (χ3v) is 2.45. The highest BCUT2D eigenvalue weighted by Crippen LogP contribution is 2.11. The van der Waals surface area contributed by atoms with Gasteiger partial charge in [0, 0.05) is 32.1 Å². The van der Waals surface area contributed by atoms with E-state index in [0.29, 0.717) is 13.2 Å². The molecule has 0 saturated carbocycles. The van der Waals surface area contributed by atoms with Crippen LogP contribution in [0.3, 0.4) is 0 Å². The Kier molecular flexibility index (Phi) is 3.34. The van der Waals surface area contributed by atoms with Gasteiger partial charge in [0.25, 0.3) is 0 Å². The van der Waals surface area contributed by atoms with E-state index in [4.69, 9.17) is 4.74 Å². The normalized spacial score (nSPS) is 20.4. The van der Waals surface area contributed by atoms with E-state index in [1.54, 1.807) is 12.5 Å². The van der Waals surface area contributed by atoms with E-state index < -0.39 is 0 Å². The molecule has 2 rings (SSSR count). The van der Waals surface area contributed by atoms with Crippen LogP contribution in [-0.4, -0.2) is 34.7 Å². The molecule has 1 aliphatic rings. The Hall–Kier alpha value is -1.36. The van der Waals surface area contributed by atoms with Crippen LogP contribution in [0.2, 0.25) is 0 Å². The molecule has 1 fully saturated rings. The van der Waals surface area contributed by atoms with E-state index in [2.05, 4.69) is 10.3 Å². The first kappa shape index (κ1) is 10.2. The van der Waals surface area contributed by atoms with Gasteiger partial charge in [-0.25, -0.2) is 4.98 Å². The molecule has 5 heteroatoms. The van der Waals surface area contributed by atoms with Gasteiger partial charge in [-0.3, -0.25) is 4.79 Å². The maximum Gasteiger partial charge on any atom is 0.249 e. The highest BCUT2D eigenvalue weighted by Gasteiger charge is 2.22. The number of ether oxygens (including phenoxy) is 1. The maximum atomic E-state index is 11.5. The van der Waals surface area contributed by atoms with Crippen LogP contribution in [0.25, 0.3) is 0 Å². The minimum Gasteiger partial charge on any atom is -0.368 e. The molecule has 15 heavy (non-hydrogen) atoms. The Balaban J connectivity index is 1.67. The zero-order valence-corrected chi connectivity index (χ0v) is 8.56. The number of carbonyl (C=O) groups excluding carboxylic acids is 1. The van der Waals surface area contributed by atoms with Gasteiger partial charge in [0.2, 0.25) is 5.91 Å². The molecule has 1 aromatic rings. The van der Waals surface area contributed by atoms with E-state index in [9.17, 15) is 4.79 Å². The van der Waals surface area contributed by atoms with Gasteiger partial charge in [0.15, 0.2) is 0 Å². The van der Waals surface area contributed by atoms with E-state index in [0.717, 1.165) is 19.4 Å². The van der Waals surface area contributed by atoms with Crippen LogP contribution in [0.5, 0.6) is 0 Å². The summed E-state index contributed by atoms with van der Waals surface area (Å²) >= 11 is 0. The van der Waals surface area contributed by atoms with E-state index >= 15 is 0 Å². The summed E-state index contributed by atoms with van der Waals surface area (Å²) in [6.07, 6.45) is 6.93. The zero-order chi connectivity index (χ0) is 10.5. The van der Waals surface area contributed by atoms with Crippen molar-refractivity contribution in [1.82, 2.24) is 14.9 Å². The van der Waals surface area contributed by atoms with Crippen LogP contribution in [0.1, 0.15) is 12.8 Å². The Morgan fingerprint density at radius 3 is 3.27 bits per heavy atom. The van der Waals surface area contributed by atoms with Crippen molar-refractivity contribution in [3.63, 3.8) is 0 Å². The van der Waals surface area contributed by atoms with Crippen LogP contribution in [0, 0.1) is 0 Å². The fraction of sp³-hybridized carbons (Fsp3) is 0.600. The predicted molar refractivity (Wildman–Crippen MR) is 54.2 cm³/mol. The Bertz CT molecular complexity index is 304. The maximum absolute atomic E-state index is 11.5. The summed E-state index contributed by atoms with van der Waals surface area (Å²) in [6, 6.07) is 0. The lowest BCUT2D eigenvalue weighted by Crippen LogP contribution is -2.35. The molecule has 1 amide bonds. The quantitative estimate of drug-likeness (QED) is 0.769. The highest BCUT2D eigenvalue weighted by atomic mass is 16.5. The van der Waals surface area contributed by atoms with Crippen molar-refractivity contribution >= 4 is 5.91 Å². The van der Waals surface area contributed by atoms with Crippen LogP contribution < -0.4 is 5.32 Å². The summed E-state index contributed by atoms with van der Waals surface area (Å²) in [5.41, 5.74) is 0. The molecule has 0 spiro atoms. The molecule has 0 unspecified atom stereocenters. The first-order valence-electron chi connectivity index (χ1n) is 5.21. The van der Waals surface area contributed by atoms with Gasteiger partial charge < -0.3 is 14.6 Å². The number of nitrogens with one attached hydrogen (secondary N) is 1. The van der Waals surface area contributed by atoms with Gasteiger partial charge in [0.1, 0.15) is 6.10 Å². The molecular formula is C10H15N3O2. The van der Waals surface area contributed by atoms with Crippen molar-refractivity contribution < 1.29 is 9.53 Å². The Morgan fingerprint density at radius 2 is 2.60 bits per heavy atom. The second kappa shape index (κ2) is 4.93. The number of nitrogens with zero attached hydrogens (tertiary/aromatic N) is 2. The van der Waals surface area contributed by atoms with Gasteiger partial charge in [-0.15, -0.1) is 0 Å². The molecular weight excluding hydrogens is 194 g/mol. The van der Waals surface area contributed by atoms with Crippen LogP contribution in [0.4, 0.5) is 0 Å². The molecule has 1 aliphatic heterocycles. The smallest absolute Gasteiger partial charge is 0.249 e. The molecule has 5 nitrogen and oxygen atoms in total. The van der Waals surface area contributed by atoms with Gasteiger partial charge in [-0.2, -0.15) is 0 Å². The number of carbonyl (C=O) groups is 1. The first-order chi connectivity index (χ1) is 7.36. The van der Waals surface area contributed by atoms with E-state index in [1.165, 1.54) is 0 Å². The van der Waals surface area contributed by atoms with Crippen molar-refractivity contribution in [2.24, 2.45) is 0 Å². The SMILES string of the molecule is O=C(NCCn1ccnc1)[C@@H]1CCCO1. The Labute approximate surface area is 88.4 Å². The standard InChI is InChI=1S/C10H15N3O2/c14-10(9-2-1-7-15-9)12-4-6-13-5-3-11-8-13/h3,5,8-9H,1-2,4,6-7H2,(H,12,14)/t9-/m0/s1. The van der Waals surface area contributed by atoms with Crippen molar-refractivity contribution in [3.8, 4) is 0 Å². The summed E-state index contributed by atoms with van der Waals surface area (Å²) in [4.78, 5) is 15.4.